The van der Waals surface area contributed by atoms with Crippen molar-refractivity contribution in [2.24, 2.45) is 7.05 Å². The van der Waals surface area contributed by atoms with Gasteiger partial charge in [0, 0.05) is 43.4 Å². The summed E-state index contributed by atoms with van der Waals surface area (Å²) in [4.78, 5) is 22.2. The standard InChI is InChI=1S/C21H22ClFN4O/c1-13-12-27(9-8-25(13)2)15-5-7-19-17(11-15)21(28)26(3)20(24-19)16-10-14(22)4-6-18(16)23/h4-7,10-11,13H,8-9,12H2,1-3H3. The van der Waals surface area contributed by atoms with Crippen LogP contribution in [0, 0.1) is 5.82 Å². The lowest BCUT2D eigenvalue weighted by Gasteiger charge is -2.39. The number of rotatable bonds is 2. The quantitative estimate of drug-likeness (QED) is 0.660. The summed E-state index contributed by atoms with van der Waals surface area (Å²) in [5.41, 5.74) is 1.56. The molecule has 1 saturated heterocycles. The molecular weight excluding hydrogens is 379 g/mol. The van der Waals surface area contributed by atoms with E-state index in [0.29, 0.717) is 22.0 Å². The van der Waals surface area contributed by atoms with Crippen molar-refractivity contribution in [1.82, 2.24) is 14.5 Å². The van der Waals surface area contributed by atoms with Gasteiger partial charge in [-0.05, 0) is 50.4 Å². The summed E-state index contributed by atoms with van der Waals surface area (Å²) in [7, 11) is 3.73. The van der Waals surface area contributed by atoms with Crippen LogP contribution in [-0.4, -0.2) is 47.2 Å². The van der Waals surface area contributed by atoms with Crippen molar-refractivity contribution in [3.05, 3.63) is 57.6 Å². The Morgan fingerprint density at radius 3 is 2.68 bits per heavy atom. The van der Waals surface area contributed by atoms with Crippen LogP contribution >= 0.6 is 11.6 Å². The Bertz CT molecular complexity index is 1110. The molecule has 3 aromatic rings. The number of hydrogen-bond donors (Lipinski definition) is 0. The maximum Gasteiger partial charge on any atom is 0.261 e. The first kappa shape index (κ1) is 18.9. The lowest BCUT2D eigenvalue weighted by molar-refractivity contribution is 0.234. The Kier molecular flexibility index (Phi) is 4.85. The van der Waals surface area contributed by atoms with Crippen LogP contribution in [0.1, 0.15) is 6.92 Å². The molecule has 0 saturated carbocycles. The van der Waals surface area contributed by atoms with E-state index in [1.54, 1.807) is 7.05 Å². The molecule has 0 spiro atoms. The third-order valence-electron chi connectivity index (χ3n) is 5.55. The number of piperazine rings is 1. The molecule has 0 amide bonds. The van der Waals surface area contributed by atoms with Crippen LogP contribution in [0.2, 0.25) is 5.02 Å². The largest absolute Gasteiger partial charge is 0.369 e. The summed E-state index contributed by atoms with van der Waals surface area (Å²) in [6, 6.07) is 10.4. The normalized spacial score (nSPS) is 18.0. The highest BCUT2D eigenvalue weighted by molar-refractivity contribution is 6.30. The fourth-order valence-corrected chi connectivity index (χ4v) is 3.82. The third kappa shape index (κ3) is 3.27. The molecule has 1 aromatic heterocycles. The summed E-state index contributed by atoms with van der Waals surface area (Å²) in [6.07, 6.45) is 0. The Hall–Kier alpha value is -2.44. The van der Waals surface area contributed by atoms with Crippen LogP contribution in [-0.2, 0) is 7.05 Å². The maximum atomic E-state index is 14.3. The molecule has 0 N–H and O–H groups in total. The van der Waals surface area contributed by atoms with Gasteiger partial charge in [-0.15, -0.1) is 0 Å². The van der Waals surface area contributed by atoms with E-state index in [0.717, 1.165) is 25.3 Å². The third-order valence-corrected chi connectivity index (χ3v) is 5.79. The summed E-state index contributed by atoms with van der Waals surface area (Å²) < 4.78 is 15.7. The second-order valence-electron chi connectivity index (χ2n) is 7.40. The summed E-state index contributed by atoms with van der Waals surface area (Å²) in [6.45, 7) is 4.98. The molecule has 2 heterocycles. The smallest absolute Gasteiger partial charge is 0.261 e. The fourth-order valence-electron chi connectivity index (χ4n) is 3.65. The first-order valence-electron chi connectivity index (χ1n) is 9.26. The van der Waals surface area contributed by atoms with Gasteiger partial charge in [0.15, 0.2) is 0 Å². The number of likely N-dealkylation sites (N-methyl/N-ethyl adjacent to an activating group) is 1. The number of fused-ring (bicyclic) bond motifs is 1. The van der Waals surface area contributed by atoms with Gasteiger partial charge in [0.2, 0.25) is 0 Å². The number of halogens is 2. The van der Waals surface area contributed by atoms with Gasteiger partial charge in [0.1, 0.15) is 11.6 Å². The number of anilines is 1. The molecule has 0 bridgehead atoms. The lowest BCUT2D eigenvalue weighted by atomic mass is 10.1. The van der Waals surface area contributed by atoms with E-state index < -0.39 is 5.82 Å². The molecule has 2 aromatic carbocycles. The van der Waals surface area contributed by atoms with Gasteiger partial charge in [-0.3, -0.25) is 9.36 Å². The molecule has 7 heteroatoms. The van der Waals surface area contributed by atoms with Gasteiger partial charge in [-0.1, -0.05) is 11.6 Å². The zero-order valence-electron chi connectivity index (χ0n) is 16.1. The number of hydrogen-bond acceptors (Lipinski definition) is 4. The molecule has 1 unspecified atom stereocenters. The minimum atomic E-state index is -0.464. The Labute approximate surface area is 168 Å². The van der Waals surface area contributed by atoms with Crippen molar-refractivity contribution < 1.29 is 4.39 Å². The molecule has 1 atom stereocenters. The SMILES string of the molecule is CC1CN(c2ccc3nc(-c4cc(Cl)ccc4F)n(C)c(=O)c3c2)CCN1C. The van der Waals surface area contributed by atoms with Gasteiger partial charge < -0.3 is 9.80 Å². The van der Waals surface area contributed by atoms with Crippen LogP contribution in [0.15, 0.2) is 41.2 Å². The minimum Gasteiger partial charge on any atom is -0.369 e. The van der Waals surface area contributed by atoms with E-state index in [-0.39, 0.29) is 16.9 Å². The predicted molar refractivity (Wildman–Crippen MR) is 112 cm³/mol. The highest BCUT2D eigenvalue weighted by atomic mass is 35.5. The number of aromatic nitrogens is 2. The average Bonchev–Trinajstić information content (AvgIpc) is 2.68. The molecule has 1 aliphatic rings. The van der Waals surface area contributed by atoms with Crippen molar-refractivity contribution in [3.8, 4) is 11.4 Å². The van der Waals surface area contributed by atoms with E-state index in [9.17, 15) is 9.18 Å². The second-order valence-corrected chi connectivity index (χ2v) is 7.84. The van der Waals surface area contributed by atoms with E-state index >= 15 is 0 Å². The lowest BCUT2D eigenvalue weighted by Crippen LogP contribution is -2.50. The van der Waals surface area contributed by atoms with Gasteiger partial charge in [0.05, 0.1) is 16.5 Å². The van der Waals surface area contributed by atoms with Crippen molar-refractivity contribution in [3.63, 3.8) is 0 Å². The zero-order chi connectivity index (χ0) is 20.0. The van der Waals surface area contributed by atoms with Crippen molar-refractivity contribution in [2.75, 3.05) is 31.6 Å². The Morgan fingerprint density at radius 2 is 1.93 bits per heavy atom. The molecule has 0 aliphatic carbocycles. The summed E-state index contributed by atoms with van der Waals surface area (Å²) >= 11 is 6.02. The average molecular weight is 401 g/mol. The molecule has 1 fully saturated rings. The van der Waals surface area contributed by atoms with E-state index in [1.807, 2.05) is 18.2 Å². The summed E-state index contributed by atoms with van der Waals surface area (Å²) in [5, 5.41) is 0.919. The topological polar surface area (TPSA) is 41.4 Å². The molecule has 0 radical (unpaired) electrons. The highest BCUT2D eigenvalue weighted by Crippen LogP contribution is 2.27. The van der Waals surface area contributed by atoms with Crippen molar-refractivity contribution in [1.29, 1.82) is 0 Å². The Balaban J connectivity index is 1.81. The molecule has 4 rings (SSSR count). The van der Waals surface area contributed by atoms with Crippen molar-refractivity contribution in [2.45, 2.75) is 13.0 Å². The fraction of sp³-hybridized carbons (Fsp3) is 0.333. The number of nitrogens with zero attached hydrogens (tertiary/aromatic N) is 4. The Morgan fingerprint density at radius 1 is 1.14 bits per heavy atom. The molecule has 28 heavy (non-hydrogen) atoms. The highest BCUT2D eigenvalue weighted by Gasteiger charge is 2.22. The van der Waals surface area contributed by atoms with Crippen molar-refractivity contribution >= 4 is 28.2 Å². The van der Waals surface area contributed by atoms with Gasteiger partial charge in [-0.25, -0.2) is 9.37 Å². The molecule has 1 aliphatic heterocycles. The van der Waals surface area contributed by atoms with Gasteiger partial charge in [-0.2, -0.15) is 0 Å². The van der Waals surface area contributed by atoms with Crippen LogP contribution < -0.4 is 10.5 Å². The maximum absolute atomic E-state index is 14.3. The van der Waals surface area contributed by atoms with Crippen LogP contribution in [0.25, 0.3) is 22.3 Å². The number of benzene rings is 2. The minimum absolute atomic E-state index is 0.205. The van der Waals surface area contributed by atoms with E-state index in [4.69, 9.17) is 11.6 Å². The second kappa shape index (κ2) is 7.18. The van der Waals surface area contributed by atoms with E-state index in [2.05, 4.69) is 28.8 Å². The van der Waals surface area contributed by atoms with Gasteiger partial charge in [0.25, 0.3) is 5.56 Å². The van der Waals surface area contributed by atoms with Crippen LogP contribution in [0.3, 0.4) is 0 Å². The van der Waals surface area contributed by atoms with Gasteiger partial charge >= 0.3 is 0 Å². The van der Waals surface area contributed by atoms with Crippen LogP contribution in [0.5, 0.6) is 0 Å². The monoisotopic (exact) mass is 400 g/mol. The van der Waals surface area contributed by atoms with E-state index in [1.165, 1.54) is 22.8 Å². The predicted octanol–water partition coefficient (Wildman–Crippen LogP) is 3.53. The van der Waals surface area contributed by atoms with Crippen LogP contribution in [0.4, 0.5) is 10.1 Å². The zero-order valence-corrected chi connectivity index (χ0v) is 16.9. The first-order valence-corrected chi connectivity index (χ1v) is 9.64. The first-order chi connectivity index (χ1) is 13.3. The molecular formula is C21H22ClFN4O. The molecule has 146 valence electrons. The summed E-state index contributed by atoms with van der Waals surface area (Å²) in [5.74, 6) is -0.201. The molecule has 5 nitrogen and oxygen atoms in total.